The van der Waals surface area contributed by atoms with Crippen molar-refractivity contribution in [3.63, 3.8) is 0 Å². The largest absolute Gasteiger partial charge is 0.473 e. The Balaban J connectivity index is 1.80. The fourth-order valence-electron chi connectivity index (χ4n) is 4.12. The Morgan fingerprint density at radius 1 is 1.24 bits per heavy atom. The van der Waals surface area contributed by atoms with Crippen molar-refractivity contribution >= 4 is 28.1 Å². The summed E-state index contributed by atoms with van der Waals surface area (Å²) in [6.07, 6.45) is 3.73. The summed E-state index contributed by atoms with van der Waals surface area (Å²) in [6, 6.07) is 5.91. The van der Waals surface area contributed by atoms with Crippen LogP contribution in [0.4, 0.5) is 0 Å². The van der Waals surface area contributed by atoms with Gasteiger partial charge in [-0.3, -0.25) is 9.59 Å². The van der Waals surface area contributed by atoms with Crippen LogP contribution >= 0.6 is 11.3 Å². The summed E-state index contributed by atoms with van der Waals surface area (Å²) in [6.45, 7) is 8.22. The molecule has 8 heteroatoms. The van der Waals surface area contributed by atoms with E-state index in [0.29, 0.717) is 22.2 Å². The minimum Gasteiger partial charge on any atom is -0.473 e. The molecule has 172 valence electrons. The number of amides is 1. The number of ether oxygens (including phenoxy) is 1. The van der Waals surface area contributed by atoms with Crippen molar-refractivity contribution < 1.29 is 9.53 Å². The number of nitrogens with one attached hydrogen (secondary N) is 2. The normalized spacial score (nSPS) is 11.4. The number of aromatic amines is 2. The fourth-order valence-corrected chi connectivity index (χ4v) is 4.84. The first kappa shape index (κ1) is 22.8. The molecule has 0 radical (unpaired) electrons. The third-order valence-electron chi connectivity index (χ3n) is 5.85. The van der Waals surface area contributed by atoms with Crippen LogP contribution in [-0.4, -0.2) is 39.9 Å². The number of aromatic nitrogens is 3. The van der Waals surface area contributed by atoms with E-state index in [4.69, 9.17) is 4.74 Å². The fraction of sp³-hybridized carbons (Fsp3) is 0.320. The van der Waals surface area contributed by atoms with Gasteiger partial charge in [0.15, 0.2) is 0 Å². The molecule has 0 atom stereocenters. The molecule has 1 aromatic carbocycles. The molecule has 0 aliphatic rings. The molecule has 3 aromatic heterocycles. The second-order valence-corrected chi connectivity index (χ2v) is 9.64. The van der Waals surface area contributed by atoms with Gasteiger partial charge in [-0.15, -0.1) is 0 Å². The van der Waals surface area contributed by atoms with Gasteiger partial charge in [-0.05, 0) is 54.7 Å². The molecule has 1 amide bonds. The molecule has 33 heavy (non-hydrogen) atoms. The molecular weight excluding hydrogens is 436 g/mol. The molecule has 0 unspecified atom stereocenters. The molecule has 0 saturated carbocycles. The molecule has 0 saturated heterocycles. The Kier molecular flexibility index (Phi) is 6.12. The number of hydrogen-bond donors (Lipinski definition) is 2. The second-order valence-electron chi connectivity index (χ2n) is 8.64. The third-order valence-corrected chi connectivity index (χ3v) is 6.86. The Labute approximate surface area is 196 Å². The van der Waals surface area contributed by atoms with Gasteiger partial charge < -0.3 is 19.6 Å². The minimum absolute atomic E-state index is 0.158. The van der Waals surface area contributed by atoms with Gasteiger partial charge in [0.2, 0.25) is 0 Å². The van der Waals surface area contributed by atoms with Crippen LogP contribution < -0.4 is 10.3 Å². The highest BCUT2D eigenvalue weighted by Gasteiger charge is 2.22. The number of carbonyl (C=O) groups excluding carboxylic acids is 1. The van der Waals surface area contributed by atoms with E-state index >= 15 is 0 Å². The summed E-state index contributed by atoms with van der Waals surface area (Å²) in [7, 11) is 3.31. The van der Waals surface area contributed by atoms with Gasteiger partial charge in [-0.1, -0.05) is 25.2 Å². The summed E-state index contributed by atoms with van der Waals surface area (Å²) < 4.78 is 5.26. The van der Waals surface area contributed by atoms with E-state index in [2.05, 4.69) is 34.9 Å². The summed E-state index contributed by atoms with van der Waals surface area (Å²) in [5.41, 5.74) is 5.51. The highest BCUT2D eigenvalue weighted by atomic mass is 32.1. The minimum atomic E-state index is -0.162. The van der Waals surface area contributed by atoms with Gasteiger partial charge in [0.25, 0.3) is 16.7 Å². The molecule has 0 aliphatic heterocycles. The molecule has 4 aromatic rings. The number of thiazole rings is 1. The number of rotatable bonds is 6. The SMILES string of the molecule is COc1ncc(-c2cc(C(=O)N(C)Cc3c(C)cc(C)[nH]c3=O)c3[nH]cc(C(C)C)c3c2)s1. The lowest BCUT2D eigenvalue weighted by Gasteiger charge is -2.19. The van der Waals surface area contributed by atoms with Crippen LogP contribution in [0.25, 0.3) is 21.3 Å². The van der Waals surface area contributed by atoms with Crippen molar-refractivity contribution in [3.05, 3.63) is 68.9 Å². The second kappa shape index (κ2) is 8.86. The average Bonchev–Trinajstić information content (AvgIpc) is 3.41. The summed E-state index contributed by atoms with van der Waals surface area (Å²) in [4.78, 5) is 39.1. The van der Waals surface area contributed by atoms with Crippen molar-refractivity contribution in [1.29, 1.82) is 0 Å². The van der Waals surface area contributed by atoms with Gasteiger partial charge in [0, 0.05) is 36.1 Å². The Hall–Kier alpha value is -3.39. The van der Waals surface area contributed by atoms with E-state index in [9.17, 15) is 9.59 Å². The molecule has 4 rings (SSSR count). The van der Waals surface area contributed by atoms with Crippen molar-refractivity contribution in [2.45, 2.75) is 40.2 Å². The Bertz CT molecular complexity index is 1400. The number of fused-ring (bicyclic) bond motifs is 1. The number of carbonyl (C=O) groups is 1. The molecular formula is C25H28N4O3S. The monoisotopic (exact) mass is 464 g/mol. The molecule has 0 bridgehead atoms. The molecule has 7 nitrogen and oxygen atoms in total. The molecule has 0 spiro atoms. The maximum absolute atomic E-state index is 13.6. The number of hydrogen-bond acceptors (Lipinski definition) is 5. The average molecular weight is 465 g/mol. The van der Waals surface area contributed by atoms with Crippen LogP contribution in [-0.2, 0) is 6.54 Å². The zero-order valence-electron chi connectivity index (χ0n) is 19.7. The number of nitrogens with zero attached hydrogens (tertiary/aromatic N) is 2. The zero-order chi connectivity index (χ0) is 23.9. The highest BCUT2D eigenvalue weighted by Crippen LogP contribution is 2.36. The lowest BCUT2D eigenvalue weighted by Crippen LogP contribution is -2.30. The van der Waals surface area contributed by atoms with Crippen LogP contribution in [0.1, 0.15) is 52.5 Å². The third kappa shape index (κ3) is 4.30. The first-order chi connectivity index (χ1) is 15.7. The van der Waals surface area contributed by atoms with Crippen LogP contribution in [0.5, 0.6) is 5.19 Å². The predicted octanol–water partition coefficient (Wildman–Crippen LogP) is 5.00. The van der Waals surface area contributed by atoms with E-state index in [0.717, 1.165) is 38.2 Å². The number of H-pyrrole nitrogens is 2. The molecule has 3 heterocycles. The van der Waals surface area contributed by atoms with Gasteiger partial charge in [0.05, 0.1) is 29.6 Å². The van der Waals surface area contributed by atoms with Crippen LogP contribution in [0.2, 0.25) is 0 Å². The summed E-state index contributed by atoms with van der Waals surface area (Å²) in [5, 5.41) is 1.58. The van der Waals surface area contributed by atoms with Gasteiger partial charge in [0.1, 0.15) is 0 Å². The number of pyridine rings is 1. The van der Waals surface area contributed by atoms with Crippen LogP contribution in [0.3, 0.4) is 0 Å². The number of aryl methyl sites for hydroxylation is 2. The molecule has 2 N–H and O–H groups in total. The smallest absolute Gasteiger partial charge is 0.273 e. The van der Waals surface area contributed by atoms with E-state index in [1.807, 2.05) is 32.2 Å². The summed E-state index contributed by atoms with van der Waals surface area (Å²) >= 11 is 1.43. The maximum Gasteiger partial charge on any atom is 0.273 e. The lowest BCUT2D eigenvalue weighted by atomic mass is 9.97. The van der Waals surface area contributed by atoms with Crippen molar-refractivity contribution in [1.82, 2.24) is 19.9 Å². The number of methoxy groups -OCH3 is 1. The van der Waals surface area contributed by atoms with Crippen LogP contribution in [0, 0.1) is 13.8 Å². The summed E-state index contributed by atoms with van der Waals surface area (Å²) in [5.74, 6) is 0.134. The Morgan fingerprint density at radius 3 is 2.64 bits per heavy atom. The van der Waals surface area contributed by atoms with E-state index in [-0.39, 0.29) is 18.0 Å². The quantitative estimate of drug-likeness (QED) is 0.420. The van der Waals surface area contributed by atoms with E-state index in [1.54, 1.807) is 25.3 Å². The van der Waals surface area contributed by atoms with Gasteiger partial charge >= 0.3 is 0 Å². The highest BCUT2D eigenvalue weighted by molar-refractivity contribution is 7.16. The Morgan fingerprint density at radius 2 is 2.00 bits per heavy atom. The first-order valence-corrected chi connectivity index (χ1v) is 11.6. The van der Waals surface area contributed by atoms with Crippen LogP contribution in [0.15, 0.2) is 35.4 Å². The first-order valence-electron chi connectivity index (χ1n) is 10.8. The standard InChI is InChI=1S/C25H28N4O3S/c1-13(2)19-10-26-22-17(19)8-16(21-11-27-25(32-6)33-21)9-18(22)24(31)29(5)12-20-14(3)7-15(4)28-23(20)30/h7-11,13,26H,12H2,1-6H3,(H,28,30). The van der Waals surface area contributed by atoms with Gasteiger partial charge in [-0.2, -0.15) is 0 Å². The van der Waals surface area contributed by atoms with E-state index < -0.39 is 0 Å². The van der Waals surface area contributed by atoms with Gasteiger partial charge in [-0.25, -0.2) is 4.98 Å². The lowest BCUT2D eigenvalue weighted by molar-refractivity contribution is 0.0786. The molecule has 0 aliphatic carbocycles. The topological polar surface area (TPSA) is 91.1 Å². The van der Waals surface area contributed by atoms with Crippen molar-refractivity contribution in [2.24, 2.45) is 0 Å². The maximum atomic E-state index is 13.6. The van der Waals surface area contributed by atoms with Crippen molar-refractivity contribution in [2.75, 3.05) is 14.2 Å². The van der Waals surface area contributed by atoms with Crippen molar-refractivity contribution in [3.8, 4) is 15.6 Å². The number of benzene rings is 1. The molecule has 0 fully saturated rings. The van der Waals surface area contributed by atoms with E-state index in [1.165, 1.54) is 11.3 Å². The predicted molar refractivity (Wildman–Crippen MR) is 132 cm³/mol. The zero-order valence-corrected chi connectivity index (χ0v) is 20.5.